The first kappa shape index (κ1) is 19.0. The number of benzene rings is 3. The summed E-state index contributed by atoms with van der Waals surface area (Å²) in [5, 5.41) is 15.6. The number of hydrogen-bond acceptors (Lipinski definition) is 2. The number of carbonyl (C=O) groups is 1. The number of halogens is 1. The third kappa shape index (κ3) is 4.88. The second kappa shape index (κ2) is 8.71. The Morgan fingerprint density at radius 3 is 2.52 bits per heavy atom. The topological polar surface area (TPSA) is 61.4 Å². The Labute approximate surface area is 163 Å². The minimum atomic E-state index is -0.334. The second-order valence-electron chi connectivity index (χ2n) is 6.25. The fraction of sp³-hybridized carbons (Fsp3) is 0.136. The van der Waals surface area contributed by atoms with Crippen LogP contribution in [-0.4, -0.2) is 17.7 Å². The predicted molar refractivity (Wildman–Crippen MR) is 111 cm³/mol. The van der Waals surface area contributed by atoms with Crippen LogP contribution in [0.1, 0.15) is 11.1 Å². The predicted octanol–water partition coefficient (Wildman–Crippen LogP) is 5.49. The van der Waals surface area contributed by atoms with E-state index in [1.165, 1.54) is 0 Å². The number of carbonyl (C=O) groups excluding carboxylic acids is 1. The monoisotopic (exact) mass is 380 g/mol. The molecule has 3 rings (SSSR count). The van der Waals surface area contributed by atoms with Gasteiger partial charge in [0.25, 0.3) is 0 Å². The summed E-state index contributed by atoms with van der Waals surface area (Å²) in [5.74, 6) is 0. The maximum Gasteiger partial charge on any atom is 0.323 e. The molecule has 0 aliphatic carbocycles. The Balaban J connectivity index is 1.74. The summed E-state index contributed by atoms with van der Waals surface area (Å²) in [7, 11) is 0. The molecule has 0 aliphatic heterocycles. The maximum atomic E-state index is 12.4. The Kier molecular flexibility index (Phi) is 6.12. The Bertz CT molecular complexity index is 957. The number of rotatable bonds is 5. The van der Waals surface area contributed by atoms with Crippen LogP contribution in [0.2, 0.25) is 5.02 Å². The van der Waals surface area contributed by atoms with Crippen molar-refractivity contribution in [3.8, 4) is 11.1 Å². The van der Waals surface area contributed by atoms with Crippen LogP contribution >= 0.6 is 11.6 Å². The highest BCUT2D eigenvalue weighted by molar-refractivity contribution is 6.31. The zero-order valence-electron chi connectivity index (χ0n) is 15.0. The lowest BCUT2D eigenvalue weighted by Gasteiger charge is -2.12. The van der Waals surface area contributed by atoms with E-state index in [1.54, 1.807) is 0 Å². The normalized spacial score (nSPS) is 10.5. The number of nitrogens with one attached hydrogen (secondary N) is 2. The minimum Gasteiger partial charge on any atom is -0.396 e. The summed E-state index contributed by atoms with van der Waals surface area (Å²) < 4.78 is 0. The number of urea groups is 1. The zero-order valence-corrected chi connectivity index (χ0v) is 15.8. The number of anilines is 2. The van der Waals surface area contributed by atoms with Gasteiger partial charge in [-0.3, -0.25) is 0 Å². The van der Waals surface area contributed by atoms with Crippen LogP contribution in [0.4, 0.5) is 16.2 Å². The van der Waals surface area contributed by atoms with E-state index in [4.69, 9.17) is 16.7 Å². The van der Waals surface area contributed by atoms with E-state index < -0.39 is 0 Å². The number of aliphatic hydroxyl groups excluding tert-OH is 1. The molecule has 0 saturated heterocycles. The summed E-state index contributed by atoms with van der Waals surface area (Å²) in [5.41, 5.74) is 5.24. The number of aliphatic hydroxyl groups is 1. The van der Waals surface area contributed by atoms with Gasteiger partial charge in [0.05, 0.1) is 0 Å². The summed E-state index contributed by atoms with van der Waals surface area (Å²) >= 11 is 6.22. The van der Waals surface area contributed by atoms with Gasteiger partial charge in [-0.25, -0.2) is 4.79 Å². The summed E-state index contributed by atoms with van der Waals surface area (Å²) in [6, 6.07) is 20.6. The van der Waals surface area contributed by atoms with Crippen molar-refractivity contribution in [2.45, 2.75) is 13.3 Å². The average molecular weight is 381 g/mol. The lowest BCUT2D eigenvalue weighted by molar-refractivity contribution is 0.262. The van der Waals surface area contributed by atoms with E-state index in [0.717, 1.165) is 22.3 Å². The molecule has 0 atom stereocenters. The van der Waals surface area contributed by atoms with Gasteiger partial charge in [-0.15, -0.1) is 0 Å². The van der Waals surface area contributed by atoms with Crippen molar-refractivity contribution in [2.24, 2.45) is 0 Å². The largest absolute Gasteiger partial charge is 0.396 e. The number of para-hydroxylation sites is 1. The van der Waals surface area contributed by atoms with Crippen LogP contribution in [0.15, 0.2) is 66.7 Å². The van der Waals surface area contributed by atoms with Gasteiger partial charge in [-0.1, -0.05) is 54.1 Å². The first-order valence-corrected chi connectivity index (χ1v) is 9.08. The maximum absolute atomic E-state index is 12.4. The zero-order chi connectivity index (χ0) is 19.2. The molecule has 0 radical (unpaired) electrons. The number of amides is 2. The van der Waals surface area contributed by atoms with Crippen molar-refractivity contribution in [3.05, 3.63) is 82.9 Å². The van der Waals surface area contributed by atoms with Gasteiger partial charge in [0.1, 0.15) is 0 Å². The van der Waals surface area contributed by atoms with Crippen LogP contribution in [0.3, 0.4) is 0 Å². The van der Waals surface area contributed by atoms with E-state index in [-0.39, 0.29) is 12.6 Å². The summed E-state index contributed by atoms with van der Waals surface area (Å²) in [6.07, 6.45) is 0.486. The van der Waals surface area contributed by atoms with Crippen LogP contribution in [0.25, 0.3) is 11.1 Å². The van der Waals surface area contributed by atoms with Crippen molar-refractivity contribution >= 4 is 29.0 Å². The number of aryl methyl sites for hydroxylation is 1. The van der Waals surface area contributed by atoms with Gasteiger partial charge in [0, 0.05) is 23.0 Å². The summed E-state index contributed by atoms with van der Waals surface area (Å²) in [4.78, 5) is 12.4. The molecule has 3 aromatic rings. The molecular weight excluding hydrogens is 360 g/mol. The van der Waals surface area contributed by atoms with Gasteiger partial charge in [-0.05, 0) is 59.9 Å². The molecule has 0 bridgehead atoms. The van der Waals surface area contributed by atoms with Gasteiger partial charge in [0.2, 0.25) is 0 Å². The standard InChI is InChI=1S/C22H21ClN2O2/c1-15-9-10-18(14-20(15)23)17-6-4-7-19(13-17)24-22(27)25-21-8-3-2-5-16(21)11-12-26/h2-10,13-14,26H,11-12H2,1H3,(H2,24,25,27). The van der Waals surface area contributed by atoms with E-state index >= 15 is 0 Å². The Hall–Kier alpha value is -2.82. The van der Waals surface area contributed by atoms with Gasteiger partial charge < -0.3 is 15.7 Å². The van der Waals surface area contributed by atoms with Crippen molar-refractivity contribution in [2.75, 3.05) is 17.2 Å². The molecule has 3 N–H and O–H groups in total. The van der Waals surface area contributed by atoms with Gasteiger partial charge >= 0.3 is 6.03 Å². The molecule has 5 heteroatoms. The first-order valence-electron chi connectivity index (χ1n) is 8.70. The van der Waals surface area contributed by atoms with Crippen LogP contribution in [0.5, 0.6) is 0 Å². The highest BCUT2D eigenvalue weighted by Gasteiger charge is 2.08. The fourth-order valence-corrected chi connectivity index (χ4v) is 2.99. The molecular formula is C22H21ClN2O2. The third-order valence-electron chi connectivity index (χ3n) is 4.27. The number of hydrogen-bond donors (Lipinski definition) is 3. The van der Waals surface area contributed by atoms with Gasteiger partial charge in [-0.2, -0.15) is 0 Å². The minimum absolute atomic E-state index is 0.0292. The van der Waals surface area contributed by atoms with Crippen molar-refractivity contribution in [3.63, 3.8) is 0 Å². The fourth-order valence-electron chi connectivity index (χ4n) is 2.81. The SMILES string of the molecule is Cc1ccc(-c2cccc(NC(=O)Nc3ccccc3CCO)c2)cc1Cl. The molecule has 27 heavy (non-hydrogen) atoms. The molecule has 2 amide bonds. The average Bonchev–Trinajstić information content (AvgIpc) is 2.66. The molecule has 0 saturated carbocycles. The van der Waals surface area contributed by atoms with Crippen molar-refractivity contribution in [1.82, 2.24) is 0 Å². The molecule has 0 aliphatic rings. The molecule has 3 aromatic carbocycles. The first-order chi connectivity index (χ1) is 13.1. The van der Waals surface area contributed by atoms with Crippen molar-refractivity contribution in [1.29, 1.82) is 0 Å². The van der Waals surface area contributed by atoms with Crippen LogP contribution in [-0.2, 0) is 6.42 Å². The molecule has 138 valence electrons. The molecule has 0 spiro atoms. The van der Waals surface area contributed by atoms with Crippen LogP contribution < -0.4 is 10.6 Å². The molecule has 0 fully saturated rings. The van der Waals surface area contributed by atoms with Gasteiger partial charge in [0.15, 0.2) is 0 Å². The Morgan fingerprint density at radius 1 is 0.963 bits per heavy atom. The molecule has 0 aromatic heterocycles. The van der Waals surface area contributed by atoms with E-state index in [2.05, 4.69) is 10.6 Å². The lowest BCUT2D eigenvalue weighted by atomic mass is 10.0. The van der Waals surface area contributed by atoms with Crippen molar-refractivity contribution < 1.29 is 9.90 Å². The highest BCUT2D eigenvalue weighted by atomic mass is 35.5. The molecule has 4 nitrogen and oxygen atoms in total. The Morgan fingerprint density at radius 2 is 1.74 bits per heavy atom. The van der Waals surface area contributed by atoms with Crippen LogP contribution in [0, 0.1) is 6.92 Å². The smallest absolute Gasteiger partial charge is 0.323 e. The van der Waals surface area contributed by atoms with E-state index in [9.17, 15) is 4.79 Å². The summed E-state index contributed by atoms with van der Waals surface area (Å²) in [6.45, 7) is 1.99. The molecule has 0 heterocycles. The van der Waals surface area contributed by atoms with E-state index in [0.29, 0.717) is 22.8 Å². The molecule has 0 unspecified atom stereocenters. The highest BCUT2D eigenvalue weighted by Crippen LogP contribution is 2.27. The second-order valence-corrected chi connectivity index (χ2v) is 6.66. The quantitative estimate of drug-likeness (QED) is 0.547. The lowest BCUT2D eigenvalue weighted by Crippen LogP contribution is -2.20. The van der Waals surface area contributed by atoms with E-state index in [1.807, 2.05) is 73.7 Å². The third-order valence-corrected chi connectivity index (χ3v) is 4.68.